The highest BCUT2D eigenvalue weighted by Crippen LogP contribution is 2.33. The molecule has 0 bridgehead atoms. The molecule has 0 saturated heterocycles. The van der Waals surface area contributed by atoms with Crippen LogP contribution in [-0.2, 0) is 0 Å². The molecular formula is C40H52Cl2N6S2. The minimum Gasteiger partial charge on any atom is -1.00 e. The predicted octanol–water partition coefficient (Wildman–Crippen LogP) is 2.13. The Bertz CT molecular complexity index is 1900. The van der Waals surface area contributed by atoms with Crippen LogP contribution >= 0.6 is 22.7 Å². The van der Waals surface area contributed by atoms with Crippen LogP contribution in [0, 0.1) is 0 Å². The van der Waals surface area contributed by atoms with Gasteiger partial charge in [-0.3, -0.25) is 0 Å². The number of nitrogens with zero attached hydrogens (tertiary/aromatic N) is 6. The molecule has 6 nitrogen and oxygen atoms in total. The van der Waals surface area contributed by atoms with Gasteiger partial charge in [0.1, 0.15) is 26.2 Å². The van der Waals surface area contributed by atoms with E-state index in [9.17, 15) is 0 Å². The lowest BCUT2D eigenvalue weighted by Gasteiger charge is -2.21. The molecule has 10 heteroatoms. The highest BCUT2D eigenvalue weighted by Gasteiger charge is 2.13. The van der Waals surface area contributed by atoms with Crippen molar-refractivity contribution in [2.45, 2.75) is 55.4 Å². The molecule has 268 valence electrons. The standard InChI is InChI=1S/2C20H26N3S.2ClH/c2*1-5-22(6-2)15-9-11-17-19(13-15)24-20-14-16(23(7-3)8-4)10-12-18(20)21-17;;/h2*9-14H,5-8H2,1-4H3;2*1H/q2*+1;;/p-2. The van der Waals surface area contributed by atoms with Gasteiger partial charge in [0.15, 0.2) is 0 Å². The van der Waals surface area contributed by atoms with Crippen molar-refractivity contribution in [2.24, 2.45) is 0 Å². The third kappa shape index (κ3) is 9.13. The predicted molar refractivity (Wildman–Crippen MR) is 212 cm³/mol. The van der Waals surface area contributed by atoms with Gasteiger partial charge < -0.3 is 34.6 Å². The Kier molecular flexibility index (Phi) is 15.9. The molecule has 0 atom stereocenters. The van der Waals surface area contributed by atoms with E-state index in [0.29, 0.717) is 0 Å². The van der Waals surface area contributed by atoms with Crippen LogP contribution in [0.15, 0.2) is 72.8 Å². The van der Waals surface area contributed by atoms with Gasteiger partial charge in [-0.2, -0.15) is 0 Å². The fraction of sp³-hybridized carbons (Fsp3) is 0.400. The molecule has 2 aromatic carbocycles. The quantitative estimate of drug-likeness (QED) is 0.159. The largest absolute Gasteiger partial charge is 1.00 e. The van der Waals surface area contributed by atoms with Crippen molar-refractivity contribution >= 4 is 54.5 Å². The maximum atomic E-state index is 4.86. The van der Waals surface area contributed by atoms with Crippen molar-refractivity contribution in [3.8, 4) is 21.1 Å². The van der Waals surface area contributed by atoms with E-state index in [1.165, 1.54) is 41.2 Å². The lowest BCUT2D eigenvalue weighted by Crippen LogP contribution is -3.00. The van der Waals surface area contributed by atoms with Crippen LogP contribution in [0.25, 0.3) is 41.6 Å². The number of rotatable bonds is 10. The van der Waals surface area contributed by atoms with E-state index < -0.39 is 0 Å². The second-order valence-corrected chi connectivity index (χ2v) is 13.9. The molecule has 2 aromatic rings. The average Bonchev–Trinajstić information content (AvgIpc) is 3.12. The number of benzene rings is 4. The Hall–Kier alpha value is -3.30. The summed E-state index contributed by atoms with van der Waals surface area (Å²) in [6, 6.07) is 26.5. The van der Waals surface area contributed by atoms with Gasteiger partial charge in [0.2, 0.25) is 10.7 Å². The third-order valence-electron chi connectivity index (χ3n) is 9.21. The summed E-state index contributed by atoms with van der Waals surface area (Å²) in [7, 11) is 0. The molecule has 0 saturated carbocycles. The summed E-state index contributed by atoms with van der Waals surface area (Å²) in [5, 5.41) is 2.56. The fourth-order valence-corrected chi connectivity index (χ4v) is 8.41. The van der Waals surface area contributed by atoms with Crippen molar-refractivity contribution in [3.63, 3.8) is 0 Å². The molecule has 0 spiro atoms. The number of halogens is 2. The minimum atomic E-state index is 0. The maximum Gasteiger partial charge on any atom is 0.201 e. The van der Waals surface area contributed by atoms with Gasteiger partial charge in [-0.15, -0.1) is 22.7 Å². The average molecular weight is 752 g/mol. The van der Waals surface area contributed by atoms with Crippen LogP contribution in [-0.4, -0.2) is 62.3 Å². The first-order valence-electron chi connectivity index (χ1n) is 17.7. The number of anilines is 2. The molecule has 2 heterocycles. The summed E-state index contributed by atoms with van der Waals surface area (Å²) >= 11 is 3.68. The van der Waals surface area contributed by atoms with Crippen molar-refractivity contribution in [1.29, 1.82) is 0 Å². The summed E-state index contributed by atoms with van der Waals surface area (Å²) in [6.45, 7) is 25.8. The second kappa shape index (κ2) is 19.3. The molecule has 2 aliphatic heterocycles. The number of fused-ring (bicyclic) bond motifs is 4. The molecule has 0 N–H and O–H groups in total. The second-order valence-electron chi connectivity index (χ2n) is 11.7. The molecule has 0 radical (unpaired) electrons. The van der Waals surface area contributed by atoms with Crippen molar-refractivity contribution in [2.75, 3.05) is 62.2 Å². The third-order valence-corrected chi connectivity index (χ3v) is 11.4. The summed E-state index contributed by atoms with van der Waals surface area (Å²) in [4.78, 5) is 17.0. The lowest BCUT2D eigenvalue weighted by molar-refractivity contribution is -0.00100. The van der Waals surface area contributed by atoms with Crippen LogP contribution in [0.4, 0.5) is 11.4 Å². The van der Waals surface area contributed by atoms with Crippen molar-refractivity contribution in [1.82, 2.24) is 19.1 Å². The van der Waals surface area contributed by atoms with E-state index in [1.54, 1.807) is 0 Å². The Labute approximate surface area is 319 Å². The highest BCUT2D eigenvalue weighted by molar-refractivity contribution is 7.21. The van der Waals surface area contributed by atoms with Gasteiger partial charge >= 0.3 is 0 Å². The molecule has 50 heavy (non-hydrogen) atoms. The van der Waals surface area contributed by atoms with E-state index in [0.717, 1.165) is 74.8 Å². The molecule has 6 rings (SSSR count). The van der Waals surface area contributed by atoms with E-state index in [2.05, 4.69) is 147 Å². The van der Waals surface area contributed by atoms with E-state index >= 15 is 0 Å². The fourth-order valence-electron chi connectivity index (χ4n) is 6.35. The van der Waals surface area contributed by atoms with Gasteiger partial charge in [-0.05, 0) is 104 Å². The topological polar surface area (TPSA) is 38.3 Å². The Balaban J connectivity index is 0.000000260. The number of hydrogen-bond donors (Lipinski definition) is 0. The summed E-state index contributed by atoms with van der Waals surface area (Å²) < 4.78 is 7.26. The maximum absolute atomic E-state index is 4.86. The van der Waals surface area contributed by atoms with Gasteiger partial charge in [0.05, 0.1) is 41.6 Å². The summed E-state index contributed by atoms with van der Waals surface area (Å²) in [5.74, 6) is 0. The highest BCUT2D eigenvalue weighted by atomic mass is 35.5. The molecule has 0 unspecified atom stereocenters. The van der Waals surface area contributed by atoms with Crippen LogP contribution < -0.4 is 54.5 Å². The Morgan fingerprint density at radius 1 is 0.480 bits per heavy atom. The number of aromatic nitrogens is 2. The first-order valence-corrected chi connectivity index (χ1v) is 19.4. The SMILES string of the molecule is CCN(CC)c1ccc2nc3ccc(=[N+](CC)CC)cc-3sc2c1.CCN(CC)c1ccc2nc3ccc(=[N+](CC)CC)cc-3sc2c1.[Cl-].[Cl-]. The van der Waals surface area contributed by atoms with E-state index in [1.807, 2.05) is 22.7 Å². The van der Waals surface area contributed by atoms with Crippen LogP contribution in [0.5, 0.6) is 0 Å². The van der Waals surface area contributed by atoms with Crippen LogP contribution in [0.1, 0.15) is 55.4 Å². The zero-order valence-electron chi connectivity index (χ0n) is 30.8. The van der Waals surface area contributed by atoms with Gasteiger partial charge in [-0.25, -0.2) is 19.1 Å². The first kappa shape index (κ1) is 41.1. The van der Waals surface area contributed by atoms with E-state index in [4.69, 9.17) is 9.97 Å². The lowest BCUT2D eigenvalue weighted by atomic mass is 10.2. The normalized spacial score (nSPS) is 10.7. The van der Waals surface area contributed by atoms with Crippen LogP contribution in [0.3, 0.4) is 0 Å². The Morgan fingerprint density at radius 3 is 1.16 bits per heavy atom. The molecule has 0 aromatic heterocycles. The zero-order valence-corrected chi connectivity index (χ0v) is 34.0. The summed E-state index contributed by atoms with van der Waals surface area (Å²) in [5.41, 5.74) is 6.89. The monoisotopic (exact) mass is 750 g/mol. The van der Waals surface area contributed by atoms with Gasteiger partial charge in [0, 0.05) is 61.8 Å². The van der Waals surface area contributed by atoms with E-state index in [-0.39, 0.29) is 24.8 Å². The minimum absolute atomic E-state index is 0. The summed E-state index contributed by atoms with van der Waals surface area (Å²) in [6.07, 6.45) is 0. The molecule has 4 aliphatic rings. The molecular weight excluding hydrogens is 700 g/mol. The Morgan fingerprint density at radius 2 is 0.840 bits per heavy atom. The van der Waals surface area contributed by atoms with Gasteiger partial charge in [-0.1, -0.05) is 0 Å². The van der Waals surface area contributed by atoms with Crippen LogP contribution in [0.2, 0.25) is 0 Å². The first-order chi connectivity index (χ1) is 23.4. The van der Waals surface area contributed by atoms with Gasteiger partial charge in [0.25, 0.3) is 0 Å². The molecule has 0 fully saturated rings. The number of hydrogen-bond acceptors (Lipinski definition) is 6. The van der Waals surface area contributed by atoms with Crippen molar-refractivity contribution in [3.05, 3.63) is 83.5 Å². The van der Waals surface area contributed by atoms with Crippen molar-refractivity contribution < 1.29 is 24.8 Å². The smallest absolute Gasteiger partial charge is 0.201 e. The molecule has 2 aliphatic carbocycles. The molecule has 0 amide bonds. The zero-order chi connectivity index (χ0) is 34.2.